The molecule has 2 nitrogen and oxygen atoms in total. The highest BCUT2D eigenvalue weighted by atomic mass is 16.6. The maximum absolute atomic E-state index is 11.7. The van der Waals surface area contributed by atoms with Crippen molar-refractivity contribution in [3.8, 4) is 0 Å². The van der Waals surface area contributed by atoms with E-state index in [9.17, 15) is 4.79 Å². The van der Waals surface area contributed by atoms with Crippen LogP contribution in [-0.4, -0.2) is 17.5 Å². The van der Waals surface area contributed by atoms with Crippen LogP contribution in [0.1, 0.15) is 31.2 Å². The molecular weight excluding hydrogens is 188 g/mol. The molecule has 78 valence electrons. The summed E-state index contributed by atoms with van der Waals surface area (Å²) < 4.78 is 5.48. The van der Waals surface area contributed by atoms with Crippen LogP contribution in [0, 0.1) is 0 Å². The summed E-state index contributed by atoms with van der Waals surface area (Å²) in [6.45, 7) is 2.05. The average molecular weight is 202 g/mol. The lowest BCUT2D eigenvalue weighted by Gasteiger charge is -2.22. The molecule has 0 spiro atoms. The highest BCUT2D eigenvalue weighted by Gasteiger charge is 2.60. The number of fused-ring (bicyclic) bond motifs is 1. The van der Waals surface area contributed by atoms with Gasteiger partial charge >= 0.3 is 0 Å². The van der Waals surface area contributed by atoms with E-state index in [2.05, 4.69) is 12.1 Å². The van der Waals surface area contributed by atoms with Crippen LogP contribution >= 0.6 is 0 Å². The number of ether oxygens (including phenoxy) is 1. The molecule has 0 aromatic heterocycles. The Bertz CT molecular complexity index is 398. The van der Waals surface area contributed by atoms with Gasteiger partial charge in [-0.1, -0.05) is 30.3 Å². The third kappa shape index (κ3) is 1.40. The smallest absolute Gasteiger partial charge is 0.165 e. The van der Waals surface area contributed by atoms with Crippen molar-refractivity contribution >= 4 is 5.78 Å². The molecule has 1 heterocycles. The third-order valence-corrected chi connectivity index (χ3v) is 3.55. The highest BCUT2D eigenvalue weighted by Crippen LogP contribution is 2.50. The Morgan fingerprint density at radius 2 is 2.07 bits per heavy atom. The van der Waals surface area contributed by atoms with Crippen molar-refractivity contribution < 1.29 is 9.53 Å². The Balaban J connectivity index is 1.87. The van der Waals surface area contributed by atoms with E-state index >= 15 is 0 Å². The molecule has 0 bridgehead atoms. The average Bonchev–Trinajstić information content (AvgIpc) is 2.92. The minimum Gasteiger partial charge on any atom is -0.358 e. The molecule has 1 aliphatic carbocycles. The summed E-state index contributed by atoms with van der Waals surface area (Å²) in [5.74, 6) is 0.625. The van der Waals surface area contributed by atoms with Crippen LogP contribution in [0.15, 0.2) is 30.3 Å². The first-order valence-electron chi connectivity index (χ1n) is 5.44. The molecule has 0 amide bonds. The van der Waals surface area contributed by atoms with Crippen LogP contribution in [0.4, 0.5) is 0 Å². The second-order valence-corrected chi connectivity index (χ2v) is 4.79. The van der Waals surface area contributed by atoms with E-state index in [-0.39, 0.29) is 17.5 Å². The number of Topliss-reactive ketones (excluding diaryl/α,β-unsaturated/α-hetero) is 1. The molecule has 15 heavy (non-hydrogen) atoms. The largest absolute Gasteiger partial charge is 0.358 e. The number of ketones is 1. The van der Waals surface area contributed by atoms with Gasteiger partial charge in [-0.2, -0.15) is 0 Å². The Labute approximate surface area is 89.2 Å². The summed E-state index contributed by atoms with van der Waals surface area (Å²) in [5, 5.41) is 0. The van der Waals surface area contributed by atoms with Gasteiger partial charge in [-0.15, -0.1) is 0 Å². The van der Waals surface area contributed by atoms with Gasteiger partial charge in [-0.3, -0.25) is 4.79 Å². The lowest BCUT2D eigenvalue weighted by atomic mass is 9.78. The Hall–Kier alpha value is -1.15. The molecule has 2 heteroatoms. The Morgan fingerprint density at radius 1 is 1.33 bits per heavy atom. The second-order valence-electron chi connectivity index (χ2n) is 4.79. The van der Waals surface area contributed by atoms with Gasteiger partial charge in [-0.05, 0) is 24.8 Å². The van der Waals surface area contributed by atoms with Crippen LogP contribution in [0.2, 0.25) is 0 Å². The van der Waals surface area contributed by atoms with E-state index in [1.807, 2.05) is 25.1 Å². The molecule has 0 N–H and O–H groups in total. The number of carbonyl (C=O) groups is 1. The fourth-order valence-corrected chi connectivity index (χ4v) is 2.67. The van der Waals surface area contributed by atoms with Crippen LogP contribution in [0.5, 0.6) is 0 Å². The zero-order chi connectivity index (χ0) is 10.5. The SMILES string of the molecule is C[C@@]12C[C@@H](c3ccccc3)CC(=O)[C@@H]1O2. The van der Waals surface area contributed by atoms with Gasteiger partial charge in [0.1, 0.15) is 11.7 Å². The van der Waals surface area contributed by atoms with Gasteiger partial charge < -0.3 is 4.74 Å². The number of hydrogen-bond acceptors (Lipinski definition) is 2. The molecule has 2 fully saturated rings. The van der Waals surface area contributed by atoms with Crippen molar-refractivity contribution in [2.45, 2.75) is 37.4 Å². The molecule has 1 aromatic rings. The highest BCUT2D eigenvalue weighted by molar-refractivity contribution is 5.88. The number of carbonyl (C=O) groups excluding carboxylic acids is 1. The molecule has 1 aliphatic heterocycles. The first-order valence-corrected chi connectivity index (χ1v) is 5.44. The van der Waals surface area contributed by atoms with Crippen molar-refractivity contribution in [3.63, 3.8) is 0 Å². The molecular formula is C13H14O2. The summed E-state index contributed by atoms with van der Waals surface area (Å²) in [6, 6.07) is 10.3. The van der Waals surface area contributed by atoms with E-state index in [0.717, 1.165) is 6.42 Å². The number of rotatable bonds is 1. The quantitative estimate of drug-likeness (QED) is 0.654. The van der Waals surface area contributed by atoms with Crippen molar-refractivity contribution in [3.05, 3.63) is 35.9 Å². The first kappa shape index (κ1) is 9.10. The summed E-state index contributed by atoms with van der Waals surface area (Å²) >= 11 is 0. The summed E-state index contributed by atoms with van der Waals surface area (Å²) in [6.07, 6.45) is 1.52. The standard InChI is InChI=1S/C13H14O2/c1-13-8-10(7-11(14)12(13)15-13)9-5-3-2-4-6-9/h2-6,10,12H,7-8H2,1H3/t10-,12-,13+/m0/s1. The second kappa shape index (κ2) is 2.92. The zero-order valence-corrected chi connectivity index (χ0v) is 8.77. The summed E-state index contributed by atoms with van der Waals surface area (Å²) in [7, 11) is 0. The topological polar surface area (TPSA) is 29.6 Å². The molecule has 0 unspecified atom stereocenters. The van der Waals surface area contributed by atoms with Gasteiger partial charge in [0.25, 0.3) is 0 Å². The van der Waals surface area contributed by atoms with Gasteiger partial charge in [0.2, 0.25) is 0 Å². The summed E-state index contributed by atoms with van der Waals surface area (Å²) in [4.78, 5) is 11.7. The maximum atomic E-state index is 11.7. The van der Waals surface area contributed by atoms with Gasteiger partial charge in [0.05, 0.1) is 0 Å². The lowest BCUT2D eigenvalue weighted by Crippen LogP contribution is -2.28. The van der Waals surface area contributed by atoms with Crippen molar-refractivity contribution in [2.75, 3.05) is 0 Å². The summed E-state index contributed by atoms with van der Waals surface area (Å²) in [5.41, 5.74) is 1.11. The van der Waals surface area contributed by atoms with E-state index in [1.165, 1.54) is 5.56 Å². The Kier molecular flexibility index (Phi) is 1.77. The van der Waals surface area contributed by atoms with Gasteiger partial charge in [0, 0.05) is 6.42 Å². The van der Waals surface area contributed by atoms with E-state index in [0.29, 0.717) is 12.3 Å². The predicted octanol–water partition coefficient (Wildman–Crippen LogP) is 2.29. The van der Waals surface area contributed by atoms with E-state index in [4.69, 9.17) is 4.74 Å². The molecule has 1 saturated carbocycles. The maximum Gasteiger partial charge on any atom is 0.165 e. The van der Waals surface area contributed by atoms with Gasteiger partial charge in [0.15, 0.2) is 5.78 Å². The van der Waals surface area contributed by atoms with Crippen LogP contribution in [0.25, 0.3) is 0 Å². The van der Waals surface area contributed by atoms with Crippen LogP contribution < -0.4 is 0 Å². The Morgan fingerprint density at radius 3 is 2.73 bits per heavy atom. The number of benzene rings is 1. The molecule has 2 aliphatic rings. The van der Waals surface area contributed by atoms with E-state index < -0.39 is 0 Å². The molecule has 1 aromatic carbocycles. The third-order valence-electron chi connectivity index (χ3n) is 3.55. The predicted molar refractivity (Wildman–Crippen MR) is 56.7 cm³/mol. The first-order chi connectivity index (χ1) is 7.19. The van der Waals surface area contributed by atoms with Gasteiger partial charge in [-0.25, -0.2) is 0 Å². The minimum atomic E-state index is -0.157. The number of epoxide rings is 1. The zero-order valence-electron chi connectivity index (χ0n) is 8.77. The fourth-order valence-electron chi connectivity index (χ4n) is 2.67. The monoisotopic (exact) mass is 202 g/mol. The van der Waals surface area contributed by atoms with Crippen molar-refractivity contribution in [2.24, 2.45) is 0 Å². The number of hydrogen-bond donors (Lipinski definition) is 0. The van der Waals surface area contributed by atoms with E-state index in [1.54, 1.807) is 0 Å². The fraction of sp³-hybridized carbons (Fsp3) is 0.462. The molecule has 1 saturated heterocycles. The van der Waals surface area contributed by atoms with Crippen LogP contribution in [0.3, 0.4) is 0 Å². The molecule has 0 radical (unpaired) electrons. The molecule has 3 atom stereocenters. The normalized spacial score (nSPS) is 38.6. The minimum absolute atomic E-state index is 0.0996. The van der Waals surface area contributed by atoms with Crippen molar-refractivity contribution in [1.82, 2.24) is 0 Å². The van der Waals surface area contributed by atoms with Crippen molar-refractivity contribution in [1.29, 1.82) is 0 Å². The molecule has 3 rings (SSSR count). The van der Waals surface area contributed by atoms with Crippen LogP contribution in [-0.2, 0) is 9.53 Å². The lowest BCUT2D eigenvalue weighted by molar-refractivity contribution is -0.121.